The number of methoxy groups -OCH3 is 2. The zero-order valence-corrected chi connectivity index (χ0v) is 13.9. The maximum atomic E-state index is 12.0. The Balaban J connectivity index is 2.04. The van der Waals surface area contributed by atoms with E-state index in [0.29, 0.717) is 23.8 Å². The van der Waals surface area contributed by atoms with Crippen LogP contribution in [0.25, 0.3) is 10.9 Å². The maximum Gasteiger partial charge on any atom is 0.354 e. The van der Waals surface area contributed by atoms with Gasteiger partial charge in [-0.1, -0.05) is 30.3 Å². The lowest BCUT2D eigenvalue weighted by atomic mass is 10.2. The van der Waals surface area contributed by atoms with Gasteiger partial charge in [0.2, 0.25) is 0 Å². The monoisotopic (exact) mass is 325 g/mol. The first-order chi connectivity index (χ1) is 11.7. The number of rotatable bonds is 5. The summed E-state index contributed by atoms with van der Waals surface area (Å²) in [5, 5.41) is 0.813. The van der Waals surface area contributed by atoms with Crippen molar-refractivity contribution in [3.05, 3.63) is 59.8 Å². The number of hydrogen-bond donors (Lipinski definition) is 0. The van der Waals surface area contributed by atoms with E-state index in [0.717, 1.165) is 16.5 Å². The predicted octanol–water partition coefficient (Wildman–Crippen LogP) is 3.55. The lowest BCUT2D eigenvalue weighted by Gasteiger charge is -2.11. The molecule has 3 aromatic rings. The van der Waals surface area contributed by atoms with Gasteiger partial charge in [0.25, 0.3) is 0 Å². The molecule has 0 aliphatic rings. The predicted molar refractivity (Wildman–Crippen MR) is 91.6 cm³/mol. The molecule has 2 aromatic carbocycles. The van der Waals surface area contributed by atoms with Crippen LogP contribution in [0.5, 0.6) is 11.5 Å². The Bertz CT molecular complexity index is 868. The Morgan fingerprint density at radius 1 is 1.04 bits per heavy atom. The molecule has 0 saturated heterocycles. The summed E-state index contributed by atoms with van der Waals surface area (Å²) in [5.74, 6) is 0.972. The van der Waals surface area contributed by atoms with Gasteiger partial charge >= 0.3 is 5.97 Å². The van der Waals surface area contributed by atoms with Crippen molar-refractivity contribution in [2.24, 2.45) is 7.05 Å². The van der Waals surface area contributed by atoms with Gasteiger partial charge in [-0.3, -0.25) is 0 Å². The molecule has 0 atom stereocenters. The molecule has 0 amide bonds. The molecule has 24 heavy (non-hydrogen) atoms. The van der Waals surface area contributed by atoms with E-state index in [4.69, 9.17) is 14.2 Å². The molecule has 1 heterocycles. The highest BCUT2D eigenvalue weighted by Crippen LogP contribution is 2.35. The summed E-state index contributed by atoms with van der Waals surface area (Å²) in [6.45, 7) is 0.449. The average Bonchev–Trinajstić information content (AvgIpc) is 2.98. The van der Waals surface area contributed by atoms with Crippen molar-refractivity contribution in [3.8, 4) is 11.5 Å². The molecule has 0 aliphatic carbocycles. The molecule has 124 valence electrons. The quantitative estimate of drug-likeness (QED) is 0.673. The summed E-state index contributed by atoms with van der Waals surface area (Å²) >= 11 is 0. The fraction of sp³-hybridized carbons (Fsp3) is 0.211. The maximum absolute atomic E-state index is 12.0. The molecular formula is C19H19NO4. The zero-order valence-electron chi connectivity index (χ0n) is 13.9. The van der Waals surface area contributed by atoms with Crippen LogP contribution in [0.1, 0.15) is 16.1 Å². The van der Waals surface area contributed by atoms with Crippen LogP contribution in [0.3, 0.4) is 0 Å². The number of benzene rings is 2. The molecule has 0 bridgehead atoms. The van der Waals surface area contributed by atoms with Crippen LogP contribution in [-0.4, -0.2) is 24.8 Å². The van der Waals surface area contributed by atoms with Crippen LogP contribution < -0.4 is 9.47 Å². The molecule has 1 aromatic heterocycles. The van der Waals surface area contributed by atoms with Gasteiger partial charge in [-0.2, -0.15) is 0 Å². The van der Waals surface area contributed by atoms with Crippen LogP contribution in [0, 0.1) is 0 Å². The van der Waals surface area contributed by atoms with Gasteiger partial charge in [-0.15, -0.1) is 0 Å². The first kappa shape index (κ1) is 15.9. The second-order valence-corrected chi connectivity index (χ2v) is 5.38. The minimum atomic E-state index is -0.398. The second kappa shape index (κ2) is 6.66. The Kier molecular flexibility index (Phi) is 4.42. The first-order valence-electron chi connectivity index (χ1n) is 7.57. The van der Waals surface area contributed by atoms with E-state index in [1.165, 1.54) is 7.11 Å². The highest BCUT2D eigenvalue weighted by atomic mass is 16.5. The Morgan fingerprint density at radius 2 is 1.75 bits per heavy atom. The van der Waals surface area contributed by atoms with Crippen molar-refractivity contribution in [2.75, 3.05) is 14.2 Å². The molecule has 5 heteroatoms. The number of hydrogen-bond acceptors (Lipinski definition) is 4. The van der Waals surface area contributed by atoms with Gasteiger partial charge in [-0.25, -0.2) is 4.79 Å². The number of nitrogens with zero attached hydrogens (tertiary/aromatic N) is 1. The van der Waals surface area contributed by atoms with Crippen molar-refractivity contribution in [1.29, 1.82) is 0 Å². The summed E-state index contributed by atoms with van der Waals surface area (Å²) < 4.78 is 18.0. The van der Waals surface area contributed by atoms with E-state index >= 15 is 0 Å². The van der Waals surface area contributed by atoms with Crippen molar-refractivity contribution >= 4 is 16.9 Å². The molecule has 0 spiro atoms. The van der Waals surface area contributed by atoms with E-state index < -0.39 is 5.97 Å². The third-order valence-corrected chi connectivity index (χ3v) is 3.97. The normalized spacial score (nSPS) is 10.6. The molecule has 0 saturated carbocycles. The number of carbonyl (C=O) groups excluding carboxylic acids is 1. The summed E-state index contributed by atoms with van der Waals surface area (Å²) in [4.78, 5) is 12.0. The zero-order chi connectivity index (χ0) is 17.1. The molecule has 0 fully saturated rings. The van der Waals surface area contributed by atoms with Gasteiger partial charge < -0.3 is 18.8 Å². The highest BCUT2D eigenvalue weighted by molar-refractivity contribution is 6.00. The number of aryl methyl sites for hydroxylation is 1. The number of esters is 1. The van der Waals surface area contributed by atoms with Crippen LogP contribution in [-0.2, 0) is 18.4 Å². The number of carbonyl (C=O) groups is 1. The Hall–Kier alpha value is -2.95. The third kappa shape index (κ3) is 2.80. The van der Waals surface area contributed by atoms with E-state index in [1.54, 1.807) is 24.8 Å². The highest BCUT2D eigenvalue weighted by Gasteiger charge is 2.19. The number of aromatic nitrogens is 1. The summed E-state index contributed by atoms with van der Waals surface area (Å²) in [6, 6.07) is 15.4. The molecule has 0 unspecified atom stereocenters. The van der Waals surface area contributed by atoms with E-state index in [-0.39, 0.29) is 0 Å². The molecular weight excluding hydrogens is 306 g/mol. The summed E-state index contributed by atoms with van der Waals surface area (Å²) in [6.07, 6.45) is 0. The van der Waals surface area contributed by atoms with Crippen LogP contribution >= 0.6 is 0 Å². The SMILES string of the molecule is COC(=O)c1cc2c(OCc3ccccc3)ccc(OC)c2n1C. The fourth-order valence-corrected chi connectivity index (χ4v) is 2.74. The molecule has 5 nitrogen and oxygen atoms in total. The van der Waals surface area contributed by atoms with Gasteiger partial charge in [0.15, 0.2) is 0 Å². The lowest BCUT2D eigenvalue weighted by Crippen LogP contribution is -2.07. The third-order valence-electron chi connectivity index (χ3n) is 3.97. The van der Waals surface area contributed by atoms with E-state index in [9.17, 15) is 4.79 Å². The Labute approximate surface area is 140 Å². The van der Waals surface area contributed by atoms with E-state index in [1.807, 2.05) is 42.5 Å². The van der Waals surface area contributed by atoms with Gasteiger partial charge in [0.05, 0.1) is 19.7 Å². The van der Waals surface area contributed by atoms with Gasteiger partial charge in [-0.05, 0) is 23.8 Å². The van der Waals surface area contributed by atoms with Gasteiger partial charge in [0, 0.05) is 12.4 Å². The fourth-order valence-electron chi connectivity index (χ4n) is 2.74. The largest absolute Gasteiger partial charge is 0.495 e. The van der Waals surface area contributed by atoms with Crippen LogP contribution in [0.4, 0.5) is 0 Å². The number of ether oxygens (including phenoxy) is 3. The van der Waals surface area contributed by atoms with Crippen molar-refractivity contribution < 1.29 is 19.0 Å². The van der Waals surface area contributed by atoms with Gasteiger partial charge in [0.1, 0.15) is 23.8 Å². The Morgan fingerprint density at radius 3 is 2.42 bits per heavy atom. The van der Waals surface area contributed by atoms with Crippen molar-refractivity contribution in [3.63, 3.8) is 0 Å². The number of fused-ring (bicyclic) bond motifs is 1. The first-order valence-corrected chi connectivity index (χ1v) is 7.57. The van der Waals surface area contributed by atoms with E-state index in [2.05, 4.69) is 0 Å². The average molecular weight is 325 g/mol. The topological polar surface area (TPSA) is 49.7 Å². The second-order valence-electron chi connectivity index (χ2n) is 5.38. The minimum absolute atomic E-state index is 0.398. The molecule has 0 aliphatic heterocycles. The molecule has 0 radical (unpaired) electrons. The van der Waals surface area contributed by atoms with Crippen LogP contribution in [0.15, 0.2) is 48.5 Å². The minimum Gasteiger partial charge on any atom is -0.495 e. The molecule has 0 N–H and O–H groups in total. The standard InChI is InChI=1S/C19H19NO4/c1-20-15(19(21)23-3)11-14-16(9-10-17(22-2)18(14)20)24-12-13-7-5-4-6-8-13/h4-11H,12H2,1-3H3. The molecule has 3 rings (SSSR count). The summed E-state index contributed by atoms with van der Waals surface area (Å²) in [7, 11) is 4.77. The summed E-state index contributed by atoms with van der Waals surface area (Å²) in [5.41, 5.74) is 2.32. The smallest absolute Gasteiger partial charge is 0.354 e. The van der Waals surface area contributed by atoms with Crippen molar-refractivity contribution in [1.82, 2.24) is 4.57 Å². The van der Waals surface area contributed by atoms with Crippen LogP contribution in [0.2, 0.25) is 0 Å². The van der Waals surface area contributed by atoms with Crippen molar-refractivity contribution in [2.45, 2.75) is 6.61 Å². The lowest BCUT2D eigenvalue weighted by molar-refractivity contribution is 0.0590.